The van der Waals surface area contributed by atoms with Crippen molar-refractivity contribution >= 4 is 6.09 Å². The Hall–Kier alpha value is -1.55. The molecule has 2 aliphatic rings. The molecular formula is C20H30N2O2. The number of nitrogens with zero attached hydrogens (tertiary/aromatic N) is 1. The summed E-state index contributed by atoms with van der Waals surface area (Å²) in [5, 5.41) is 3.64. The van der Waals surface area contributed by atoms with Gasteiger partial charge in [0, 0.05) is 25.7 Å². The minimum Gasteiger partial charge on any atom is -0.444 e. The summed E-state index contributed by atoms with van der Waals surface area (Å²) in [5.74, 6) is 0.990. The number of likely N-dealkylation sites (tertiary alicyclic amines) is 1. The van der Waals surface area contributed by atoms with Crippen molar-refractivity contribution in [3.8, 4) is 0 Å². The van der Waals surface area contributed by atoms with Crippen molar-refractivity contribution in [2.75, 3.05) is 19.6 Å². The van der Waals surface area contributed by atoms with E-state index in [1.54, 1.807) is 0 Å². The van der Waals surface area contributed by atoms with Gasteiger partial charge in [-0.3, -0.25) is 0 Å². The largest absolute Gasteiger partial charge is 0.444 e. The standard InChI is InChI=1S/C20H30N2O2/c1-20(2,3)24-19(23)22-13-16(11-15-7-5-4-6-8-15)17(14-22)12-21-18-9-10-18/h4-8,16-18,21H,9-14H2,1-3H3/t16-,17-/m1/s1. The lowest BCUT2D eigenvalue weighted by Gasteiger charge is -2.24. The van der Waals surface area contributed by atoms with Crippen LogP contribution in [-0.2, 0) is 11.2 Å². The van der Waals surface area contributed by atoms with E-state index in [1.165, 1.54) is 18.4 Å². The molecule has 4 heteroatoms. The predicted octanol–water partition coefficient (Wildman–Crippen LogP) is 3.46. The zero-order chi connectivity index (χ0) is 17.2. The zero-order valence-electron chi connectivity index (χ0n) is 15.1. The van der Waals surface area contributed by atoms with Crippen LogP contribution in [0.3, 0.4) is 0 Å². The molecule has 132 valence electrons. The lowest BCUT2D eigenvalue weighted by Crippen LogP contribution is -2.36. The quantitative estimate of drug-likeness (QED) is 0.899. The maximum absolute atomic E-state index is 12.4. The van der Waals surface area contributed by atoms with E-state index in [0.717, 1.165) is 26.1 Å². The maximum atomic E-state index is 12.4. The first kappa shape index (κ1) is 17.3. The van der Waals surface area contributed by atoms with Crippen LogP contribution in [0.4, 0.5) is 4.79 Å². The Bertz CT molecular complexity index is 549. The lowest BCUT2D eigenvalue weighted by atomic mass is 9.89. The Labute approximate surface area is 145 Å². The SMILES string of the molecule is CC(C)(C)OC(=O)N1C[C@@H](CNC2CC2)[C@H](Cc2ccccc2)C1. The summed E-state index contributed by atoms with van der Waals surface area (Å²) in [4.78, 5) is 14.3. The fourth-order valence-electron chi connectivity index (χ4n) is 3.40. The van der Waals surface area contributed by atoms with Gasteiger partial charge in [-0.15, -0.1) is 0 Å². The molecule has 0 radical (unpaired) electrons. The number of ether oxygens (including phenoxy) is 1. The number of hydrogen-bond acceptors (Lipinski definition) is 3. The molecule has 1 aliphatic carbocycles. The number of hydrogen-bond donors (Lipinski definition) is 1. The van der Waals surface area contributed by atoms with Crippen LogP contribution in [0.1, 0.15) is 39.2 Å². The first-order chi connectivity index (χ1) is 11.4. The van der Waals surface area contributed by atoms with E-state index in [-0.39, 0.29) is 6.09 Å². The van der Waals surface area contributed by atoms with Gasteiger partial charge in [0.15, 0.2) is 0 Å². The molecule has 24 heavy (non-hydrogen) atoms. The lowest BCUT2D eigenvalue weighted by molar-refractivity contribution is 0.0284. The van der Waals surface area contributed by atoms with Crippen molar-refractivity contribution in [1.82, 2.24) is 10.2 Å². The second-order valence-electron chi connectivity index (χ2n) is 8.28. The van der Waals surface area contributed by atoms with Crippen LogP contribution in [0, 0.1) is 11.8 Å². The summed E-state index contributed by atoms with van der Waals surface area (Å²) in [6.45, 7) is 8.37. The van der Waals surface area contributed by atoms with Gasteiger partial charge >= 0.3 is 6.09 Å². The molecule has 1 N–H and O–H groups in total. The van der Waals surface area contributed by atoms with Gasteiger partial charge in [0.25, 0.3) is 0 Å². The molecule has 1 heterocycles. The minimum atomic E-state index is -0.434. The fourth-order valence-corrected chi connectivity index (χ4v) is 3.40. The van der Waals surface area contributed by atoms with E-state index in [2.05, 4.69) is 35.6 Å². The monoisotopic (exact) mass is 330 g/mol. The van der Waals surface area contributed by atoms with E-state index < -0.39 is 5.60 Å². The Morgan fingerprint density at radius 2 is 1.83 bits per heavy atom. The van der Waals surface area contributed by atoms with Gasteiger partial charge in [0.05, 0.1) is 0 Å². The van der Waals surface area contributed by atoms with Crippen molar-refractivity contribution in [3.63, 3.8) is 0 Å². The van der Waals surface area contributed by atoms with Crippen LogP contribution < -0.4 is 5.32 Å². The Kier molecular flexibility index (Phi) is 5.14. The van der Waals surface area contributed by atoms with Gasteiger partial charge in [0.1, 0.15) is 5.60 Å². The number of carbonyl (C=O) groups excluding carboxylic acids is 1. The van der Waals surface area contributed by atoms with Crippen LogP contribution in [0.2, 0.25) is 0 Å². The number of benzene rings is 1. The first-order valence-corrected chi connectivity index (χ1v) is 9.16. The van der Waals surface area contributed by atoms with E-state index in [4.69, 9.17) is 4.74 Å². The molecule has 1 amide bonds. The number of amides is 1. The van der Waals surface area contributed by atoms with E-state index in [9.17, 15) is 4.79 Å². The van der Waals surface area contributed by atoms with E-state index in [0.29, 0.717) is 17.9 Å². The van der Waals surface area contributed by atoms with Crippen LogP contribution in [-0.4, -0.2) is 42.3 Å². The van der Waals surface area contributed by atoms with Crippen molar-refractivity contribution in [2.24, 2.45) is 11.8 Å². The molecule has 1 aromatic carbocycles. The second-order valence-corrected chi connectivity index (χ2v) is 8.28. The highest BCUT2D eigenvalue weighted by Gasteiger charge is 2.37. The average Bonchev–Trinajstić information content (AvgIpc) is 3.25. The molecule has 1 saturated heterocycles. The third kappa shape index (κ3) is 4.97. The van der Waals surface area contributed by atoms with Gasteiger partial charge in [0.2, 0.25) is 0 Å². The van der Waals surface area contributed by atoms with Crippen LogP contribution >= 0.6 is 0 Å². The molecular weight excluding hydrogens is 300 g/mol. The number of carbonyl (C=O) groups is 1. The van der Waals surface area contributed by atoms with Gasteiger partial charge < -0.3 is 15.0 Å². The fraction of sp³-hybridized carbons (Fsp3) is 0.650. The van der Waals surface area contributed by atoms with Crippen molar-refractivity contribution in [2.45, 2.75) is 51.7 Å². The first-order valence-electron chi connectivity index (χ1n) is 9.16. The highest BCUT2D eigenvalue weighted by atomic mass is 16.6. The predicted molar refractivity (Wildman–Crippen MR) is 96.0 cm³/mol. The maximum Gasteiger partial charge on any atom is 0.410 e. The molecule has 1 aromatic rings. The molecule has 4 nitrogen and oxygen atoms in total. The summed E-state index contributed by atoms with van der Waals surface area (Å²) < 4.78 is 5.57. The van der Waals surface area contributed by atoms with Gasteiger partial charge in [-0.1, -0.05) is 30.3 Å². The molecule has 3 rings (SSSR count). The van der Waals surface area contributed by atoms with Crippen molar-refractivity contribution in [1.29, 1.82) is 0 Å². The third-order valence-electron chi connectivity index (χ3n) is 4.81. The highest BCUT2D eigenvalue weighted by Crippen LogP contribution is 2.29. The van der Waals surface area contributed by atoms with Crippen molar-refractivity contribution < 1.29 is 9.53 Å². The van der Waals surface area contributed by atoms with Crippen LogP contribution in [0.25, 0.3) is 0 Å². The molecule has 1 aliphatic heterocycles. The Balaban J connectivity index is 1.63. The smallest absolute Gasteiger partial charge is 0.410 e. The summed E-state index contributed by atoms with van der Waals surface area (Å²) in [6.07, 6.45) is 3.45. The Morgan fingerprint density at radius 1 is 1.17 bits per heavy atom. The molecule has 2 fully saturated rings. The summed E-state index contributed by atoms with van der Waals surface area (Å²) in [6, 6.07) is 11.3. The number of rotatable bonds is 5. The summed E-state index contributed by atoms with van der Waals surface area (Å²) in [5.41, 5.74) is 0.918. The molecule has 0 unspecified atom stereocenters. The van der Waals surface area contributed by atoms with Crippen LogP contribution in [0.15, 0.2) is 30.3 Å². The van der Waals surface area contributed by atoms with Gasteiger partial charge in [-0.25, -0.2) is 4.79 Å². The zero-order valence-corrected chi connectivity index (χ0v) is 15.1. The highest BCUT2D eigenvalue weighted by molar-refractivity contribution is 5.68. The molecule has 0 spiro atoms. The Morgan fingerprint density at radius 3 is 2.46 bits per heavy atom. The third-order valence-corrected chi connectivity index (χ3v) is 4.81. The van der Waals surface area contributed by atoms with E-state index >= 15 is 0 Å². The average molecular weight is 330 g/mol. The normalized spacial score (nSPS) is 24.2. The molecule has 0 aromatic heterocycles. The molecule has 0 bridgehead atoms. The van der Waals surface area contributed by atoms with Crippen molar-refractivity contribution in [3.05, 3.63) is 35.9 Å². The minimum absolute atomic E-state index is 0.172. The molecule has 1 saturated carbocycles. The topological polar surface area (TPSA) is 41.6 Å². The number of nitrogens with one attached hydrogen (secondary N) is 1. The second kappa shape index (κ2) is 7.14. The van der Waals surface area contributed by atoms with E-state index in [1.807, 2.05) is 25.7 Å². The summed E-state index contributed by atoms with van der Waals surface area (Å²) >= 11 is 0. The summed E-state index contributed by atoms with van der Waals surface area (Å²) in [7, 11) is 0. The van der Waals surface area contributed by atoms with Crippen LogP contribution in [0.5, 0.6) is 0 Å². The molecule has 2 atom stereocenters. The van der Waals surface area contributed by atoms with Gasteiger partial charge in [-0.05, 0) is 57.4 Å². The van der Waals surface area contributed by atoms with Gasteiger partial charge in [-0.2, -0.15) is 0 Å².